The molecule has 0 spiro atoms. The van der Waals surface area contributed by atoms with Gasteiger partial charge in [0.1, 0.15) is 5.75 Å². The zero-order valence-electron chi connectivity index (χ0n) is 15.4. The van der Waals surface area contributed by atoms with Gasteiger partial charge < -0.3 is 9.30 Å². The van der Waals surface area contributed by atoms with Crippen molar-refractivity contribution in [2.24, 2.45) is 0 Å². The monoisotopic (exact) mass is 386 g/mol. The van der Waals surface area contributed by atoms with E-state index in [-0.39, 0.29) is 5.78 Å². The molecule has 0 aliphatic rings. The highest BCUT2D eigenvalue weighted by Crippen LogP contribution is 2.26. The summed E-state index contributed by atoms with van der Waals surface area (Å²) in [5.74, 6) is 1.39. The number of carbonyl (C=O) groups excluding carboxylic acids is 1. The summed E-state index contributed by atoms with van der Waals surface area (Å²) in [4.78, 5) is 17.1. The molecule has 0 atom stereocenters. The highest BCUT2D eigenvalue weighted by Gasteiger charge is 2.17. The molecule has 0 unspecified atom stereocenters. The van der Waals surface area contributed by atoms with Crippen LogP contribution in [0.15, 0.2) is 40.1 Å². The lowest BCUT2D eigenvalue weighted by molar-refractivity contribution is 0.102. The van der Waals surface area contributed by atoms with Crippen LogP contribution in [0, 0.1) is 20.8 Å². The number of aromatic nitrogens is 2. The van der Waals surface area contributed by atoms with Crippen LogP contribution in [0.4, 0.5) is 0 Å². The SMILES string of the molecule is CCOc1ccc(-n2c(C)cc(C(=O)CSc3nc(C)cs3)c2C)cc1. The first kappa shape index (κ1) is 18.7. The first-order valence-electron chi connectivity index (χ1n) is 8.50. The van der Waals surface area contributed by atoms with Crippen LogP contribution >= 0.6 is 23.1 Å². The number of ketones is 1. The van der Waals surface area contributed by atoms with Crippen LogP contribution in [0.3, 0.4) is 0 Å². The van der Waals surface area contributed by atoms with Gasteiger partial charge in [-0.25, -0.2) is 4.98 Å². The standard InChI is InChI=1S/C20H22N2O2S2/c1-5-24-17-8-6-16(7-9-17)22-14(3)10-18(15(22)4)19(23)12-26-20-21-13(2)11-25-20/h6-11H,5,12H2,1-4H3. The summed E-state index contributed by atoms with van der Waals surface area (Å²) >= 11 is 3.09. The topological polar surface area (TPSA) is 44.1 Å². The van der Waals surface area contributed by atoms with Crippen molar-refractivity contribution in [2.75, 3.05) is 12.4 Å². The minimum Gasteiger partial charge on any atom is -0.494 e. The highest BCUT2D eigenvalue weighted by molar-refractivity contribution is 8.01. The third-order valence-corrected chi connectivity index (χ3v) is 6.20. The Kier molecular flexibility index (Phi) is 5.84. The number of ether oxygens (including phenoxy) is 1. The number of carbonyl (C=O) groups is 1. The predicted molar refractivity (Wildman–Crippen MR) is 108 cm³/mol. The molecule has 0 aliphatic heterocycles. The number of hydrogen-bond donors (Lipinski definition) is 0. The van der Waals surface area contributed by atoms with Gasteiger partial charge in [0.2, 0.25) is 0 Å². The molecule has 2 heterocycles. The van der Waals surface area contributed by atoms with Crippen molar-refractivity contribution in [3.63, 3.8) is 0 Å². The Hall–Kier alpha value is -2.05. The van der Waals surface area contributed by atoms with E-state index < -0.39 is 0 Å². The fraction of sp³-hybridized carbons (Fsp3) is 0.300. The van der Waals surface area contributed by atoms with Crippen LogP contribution in [-0.2, 0) is 0 Å². The average Bonchev–Trinajstić information content (AvgIpc) is 3.17. The van der Waals surface area contributed by atoms with Crippen LogP contribution in [0.2, 0.25) is 0 Å². The summed E-state index contributed by atoms with van der Waals surface area (Å²) in [5, 5.41) is 2.00. The Balaban J connectivity index is 1.79. The quantitative estimate of drug-likeness (QED) is 0.412. The number of aryl methyl sites for hydroxylation is 2. The number of Topliss-reactive ketones (excluding diaryl/α,β-unsaturated/α-hetero) is 1. The molecule has 26 heavy (non-hydrogen) atoms. The fourth-order valence-electron chi connectivity index (χ4n) is 2.90. The molecule has 0 bridgehead atoms. The molecule has 4 nitrogen and oxygen atoms in total. The molecule has 6 heteroatoms. The van der Waals surface area contributed by atoms with E-state index in [0.29, 0.717) is 12.4 Å². The summed E-state index contributed by atoms with van der Waals surface area (Å²) in [6.07, 6.45) is 0. The van der Waals surface area contributed by atoms with Gasteiger partial charge in [-0.15, -0.1) is 11.3 Å². The van der Waals surface area contributed by atoms with E-state index in [9.17, 15) is 4.79 Å². The highest BCUT2D eigenvalue weighted by atomic mass is 32.2. The number of hydrogen-bond acceptors (Lipinski definition) is 5. The van der Waals surface area contributed by atoms with E-state index in [1.807, 2.05) is 63.4 Å². The predicted octanol–water partition coefficient (Wildman–Crippen LogP) is 5.23. The van der Waals surface area contributed by atoms with E-state index in [2.05, 4.69) is 9.55 Å². The van der Waals surface area contributed by atoms with Crippen LogP contribution in [-0.4, -0.2) is 27.7 Å². The second-order valence-electron chi connectivity index (χ2n) is 6.01. The summed E-state index contributed by atoms with van der Waals surface area (Å²) in [7, 11) is 0. The van der Waals surface area contributed by atoms with E-state index in [4.69, 9.17) is 4.74 Å². The van der Waals surface area contributed by atoms with Crippen molar-refractivity contribution in [3.05, 3.63) is 58.4 Å². The van der Waals surface area contributed by atoms with Crippen molar-refractivity contribution < 1.29 is 9.53 Å². The van der Waals surface area contributed by atoms with Crippen LogP contribution < -0.4 is 4.74 Å². The molecule has 0 amide bonds. The van der Waals surface area contributed by atoms with Crippen molar-refractivity contribution in [1.29, 1.82) is 0 Å². The van der Waals surface area contributed by atoms with Gasteiger partial charge in [-0.3, -0.25) is 4.79 Å². The Morgan fingerprint density at radius 2 is 1.96 bits per heavy atom. The zero-order chi connectivity index (χ0) is 18.7. The number of thiazole rings is 1. The Morgan fingerprint density at radius 3 is 2.58 bits per heavy atom. The maximum absolute atomic E-state index is 12.7. The van der Waals surface area contributed by atoms with Crippen LogP contribution in [0.25, 0.3) is 5.69 Å². The van der Waals surface area contributed by atoms with E-state index >= 15 is 0 Å². The second kappa shape index (κ2) is 8.10. The molecule has 0 aliphatic carbocycles. The molecule has 0 radical (unpaired) electrons. The smallest absolute Gasteiger partial charge is 0.174 e. The zero-order valence-corrected chi connectivity index (χ0v) is 17.0. The number of nitrogens with zero attached hydrogens (tertiary/aromatic N) is 2. The molecule has 1 aromatic carbocycles. The van der Waals surface area contributed by atoms with Gasteiger partial charge in [-0.2, -0.15) is 0 Å². The molecule has 2 aromatic heterocycles. The summed E-state index contributed by atoms with van der Waals surface area (Å²) in [5.41, 5.74) is 4.82. The first-order valence-corrected chi connectivity index (χ1v) is 10.4. The van der Waals surface area contributed by atoms with Gasteiger partial charge in [0.25, 0.3) is 0 Å². The number of rotatable bonds is 7. The molecule has 0 saturated heterocycles. The molecule has 3 aromatic rings. The lowest BCUT2D eigenvalue weighted by Gasteiger charge is -2.11. The fourth-order valence-corrected chi connectivity index (χ4v) is 4.64. The molecular weight excluding hydrogens is 364 g/mol. The van der Waals surface area contributed by atoms with Crippen molar-refractivity contribution >= 4 is 28.9 Å². The third-order valence-electron chi connectivity index (χ3n) is 4.06. The maximum atomic E-state index is 12.7. The Bertz CT molecular complexity index is 911. The normalized spacial score (nSPS) is 10.9. The largest absolute Gasteiger partial charge is 0.494 e. The molecule has 136 valence electrons. The molecule has 0 fully saturated rings. The van der Waals surface area contributed by atoms with Gasteiger partial charge >= 0.3 is 0 Å². The number of thioether (sulfide) groups is 1. The van der Waals surface area contributed by atoms with Gasteiger partial charge in [0, 0.05) is 33.7 Å². The molecule has 3 rings (SSSR count). The van der Waals surface area contributed by atoms with Gasteiger partial charge in [0.05, 0.1) is 12.4 Å². The molecule has 0 N–H and O–H groups in total. The Labute approximate surface area is 162 Å². The van der Waals surface area contributed by atoms with Crippen LogP contribution in [0.1, 0.15) is 34.4 Å². The minimum absolute atomic E-state index is 0.133. The van der Waals surface area contributed by atoms with Gasteiger partial charge in [-0.1, -0.05) is 11.8 Å². The van der Waals surface area contributed by atoms with Gasteiger partial charge in [-0.05, 0) is 58.0 Å². The molecular formula is C20H22N2O2S2. The third kappa shape index (κ3) is 4.02. The van der Waals surface area contributed by atoms with E-state index in [0.717, 1.165) is 38.4 Å². The van der Waals surface area contributed by atoms with Crippen molar-refractivity contribution in [2.45, 2.75) is 32.0 Å². The minimum atomic E-state index is 0.133. The van der Waals surface area contributed by atoms with E-state index in [1.165, 1.54) is 11.8 Å². The van der Waals surface area contributed by atoms with Crippen molar-refractivity contribution in [1.82, 2.24) is 9.55 Å². The van der Waals surface area contributed by atoms with Crippen LogP contribution in [0.5, 0.6) is 5.75 Å². The summed E-state index contributed by atoms with van der Waals surface area (Å²) in [6.45, 7) is 8.60. The first-order chi connectivity index (χ1) is 12.5. The van der Waals surface area contributed by atoms with Gasteiger partial charge in [0.15, 0.2) is 10.1 Å². The maximum Gasteiger partial charge on any atom is 0.174 e. The second-order valence-corrected chi connectivity index (χ2v) is 8.09. The summed E-state index contributed by atoms with van der Waals surface area (Å²) in [6, 6.07) is 9.93. The summed E-state index contributed by atoms with van der Waals surface area (Å²) < 4.78 is 8.56. The molecule has 0 saturated carbocycles. The van der Waals surface area contributed by atoms with E-state index in [1.54, 1.807) is 11.3 Å². The number of benzene rings is 1. The lowest BCUT2D eigenvalue weighted by atomic mass is 10.2. The average molecular weight is 387 g/mol. The Morgan fingerprint density at radius 1 is 1.23 bits per heavy atom. The lowest BCUT2D eigenvalue weighted by Crippen LogP contribution is -2.05. The van der Waals surface area contributed by atoms with Crippen molar-refractivity contribution in [3.8, 4) is 11.4 Å².